The van der Waals surface area contributed by atoms with Gasteiger partial charge < -0.3 is 9.47 Å². The molecular weight excluding hydrogens is 498 g/mol. The monoisotopic (exact) mass is 521 g/mol. The third kappa shape index (κ3) is 7.32. The van der Waals surface area contributed by atoms with Crippen molar-refractivity contribution >= 4 is 5.69 Å². The number of rotatable bonds is 9. The van der Waals surface area contributed by atoms with Gasteiger partial charge in [-0.25, -0.2) is 14.4 Å². The topological polar surface area (TPSA) is 104 Å². The molecule has 4 heterocycles. The van der Waals surface area contributed by atoms with Gasteiger partial charge >= 0.3 is 11.9 Å². The fourth-order valence-corrected chi connectivity index (χ4v) is 3.92. The quantitative estimate of drug-likeness (QED) is 0.224. The van der Waals surface area contributed by atoms with Gasteiger partial charge in [0, 0.05) is 36.3 Å². The van der Waals surface area contributed by atoms with Gasteiger partial charge in [-0.1, -0.05) is 0 Å². The number of hydrogen-bond donors (Lipinski definition) is 0. The zero-order chi connectivity index (χ0) is 26.4. The van der Waals surface area contributed by atoms with E-state index in [4.69, 9.17) is 9.47 Å². The molecule has 9 nitrogen and oxygen atoms in total. The second-order valence-electron chi connectivity index (χ2n) is 8.58. The Bertz CT molecular complexity index is 1220. The molecule has 3 aromatic rings. The molecule has 0 N–H and O–H groups in total. The molecule has 0 spiro atoms. The van der Waals surface area contributed by atoms with Crippen LogP contribution in [0.3, 0.4) is 0 Å². The van der Waals surface area contributed by atoms with Crippen LogP contribution in [0.2, 0.25) is 0 Å². The van der Waals surface area contributed by atoms with Crippen molar-refractivity contribution in [2.45, 2.75) is 25.6 Å². The summed E-state index contributed by atoms with van der Waals surface area (Å²) in [4.78, 5) is 24.3. The molecule has 1 aliphatic rings. The molecule has 1 aliphatic heterocycles. The lowest BCUT2D eigenvalue weighted by Crippen LogP contribution is -2.41. The molecule has 0 unspecified atom stereocenters. The SMILES string of the molecule is O=[N+]([O-])c1cc(-c2nc(OCC3CCN(CC(F)(F)F)CC3)ccc2F)cnc1OCc1ccncc1. The molecule has 3 aromatic heterocycles. The maximum Gasteiger partial charge on any atom is 0.401 e. The van der Waals surface area contributed by atoms with Crippen LogP contribution in [0.1, 0.15) is 18.4 Å². The van der Waals surface area contributed by atoms with Gasteiger partial charge in [-0.2, -0.15) is 13.2 Å². The van der Waals surface area contributed by atoms with E-state index < -0.39 is 29.1 Å². The third-order valence-electron chi connectivity index (χ3n) is 5.82. The van der Waals surface area contributed by atoms with Gasteiger partial charge in [0.2, 0.25) is 5.88 Å². The molecule has 0 bridgehead atoms. The Hall–Kier alpha value is -3.87. The van der Waals surface area contributed by atoms with Crippen molar-refractivity contribution in [1.82, 2.24) is 19.9 Å². The van der Waals surface area contributed by atoms with Gasteiger partial charge in [0.1, 0.15) is 18.1 Å². The highest BCUT2D eigenvalue weighted by Gasteiger charge is 2.32. The molecule has 0 aliphatic carbocycles. The first-order chi connectivity index (χ1) is 17.7. The Kier molecular flexibility index (Phi) is 8.11. The zero-order valence-corrected chi connectivity index (χ0v) is 19.5. The van der Waals surface area contributed by atoms with E-state index in [1.165, 1.54) is 17.2 Å². The Balaban J connectivity index is 1.42. The average Bonchev–Trinajstić information content (AvgIpc) is 2.87. The van der Waals surface area contributed by atoms with Gasteiger partial charge in [-0.3, -0.25) is 20.0 Å². The van der Waals surface area contributed by atoms with Crippen molar-refractivity contribution in [3.8, 4) is 23.0 Å². The zero-order valence-electron chi connectivity index (χ0n) is 19.5. The summed E-state index contributed by atoms with van der Waals surface area (Å²) in [6.07, 6.45) is 1.17. The fourth-order valence-electron chi connectivity index (χ4n) is 3.92. The van der Waals surface area contributed by atoms with Crippen LogP contribution in [0.25, 0.3) is 11.3 Å². The van der Waals surface area contributed by atoms with Gasteiger partial charge in [-0.05, 0) is 55.6 Å². The summed E-state index contributed by atoms with van der Waals surface area (Å²) in [5.41, 5.74) is 0.156. The average molecular weight is 521 g/mol. The summed E-state index contributed by atoms with van der Waals surface area (Å²) in [6.45, 7) is -0.0861. The molecular formula is C24H23F4N5O4. The first kappa shape index (κ1) is 26.2. The smallest absolute Gasteiger partial charge is 0.401 e. The highest BCUT2D eigenvalue weighted by Crippen LogP contribution is 2.32. The number of alkyl halides is 3. The first-order valence-corrected chi connectivity index (χ1v) is 11.4. The number of nitrogens with zero attached hydrogens (tertiary/aromatic N) is 5. The maximum absolute atomic E-state index is 14.6. The normalized spacial score (nSPS) is 14.9. The van der Waals surface area contributed by atoms with E-state index in [0.29, 0.717) is 25.9 Å². The van der Waals surface area contributed by atoms with E-state index in [1.54, 1.807) is 24.5 Å². The van der Waals surface area contributed by atoms with Crippen molar-refractivity contribution in [3.63, 3.8) is 0 Å². The number of likely N-dealkylation sites (tertiary alicyclic amines) is 1. The highest BCUT2D eigenvalue weighted by atomic mass is 19.4. The lowest BCUT2D eigenvalue weighted by molar-refractivity contribution is -0.386. The van der Waals surface area contributed by atoms with E-state index in [2.05, 4.69) is 15.0 Å². The first-order valence-electron chi connectivity index (χ1n) is 11.4. The predicted molar refractivity (Wildman–Crippen MR) is 123 cm³/mol. The lowest BCUT2D eigenvalue weighted by Gasteiger charge is -2.32. The Morgan fingerprint density at radius 2 is 1.84 bits per heavy atom. The number of piperidine rings is 1. The summed E-state index contributed by atoms with van der Waals surface area (Å²) < 4.78 is 63.4. The van der Waals surface area contributed by atoms with Crippen LogP contribution in [-0.2, 0) is 6.61 Å². The molecule has 196 valence electrons. The molecule has 1 fully saturated rings. The van der Waals surface area contributed by atoms with E-state index in [0.717, 1.165) is 17.7 Å². The summed E-state index contributed by atoms with van der Waals surface area (Å²) in [6, 6.07) is 6.96. The summed E-state index contributed by atoms with van der Waals surface area (Å²) >= 11 is 0. The summed E-state index contributed by atoms with van der Waals surface area (Å²) in [5, 5.41) is 11.6. The fraction of sp³-hybridized carbons (Fsp3) is 0.375. The van der Waals surface area contributed by atoms with Crippen molar-refractivity contribution in [2.75, 3.05) is 26.2 Å². The number of ether oxygens (including phenoxy) is 2. The number of pyridine rings is 3. The number of hydrogen-bond acceptors (Lipinski definition) is 8. The van der Waals surface area contributed by atoms with E-state index in [9.17, 15) is 27.7 Å². The van der Waals surface area contributed by atoms with E-state index in [1.807, 2.05) is 0 Å². The lowest BCUT2D eigenvalue weighted by atomic mass is 9.98. The van der Waals surface area contributed by atoms with Crippen molar-refractivity contribution < 1.29 is 32.0 Å². The van der Waals surface area contributed by atoms with Gasteiger partial charge in [0.15, 0.2) is 0 Å². The van der Waals surface area contributed by atoms with Crippen LogP contribution in [0, 0.1) is 21.8 Å². The predicted octanol–water partition coefficient (Wildman–Crippen LogP) is 4.82. The Labute approximate surface area is 209 Å². The molecule has 1 saturated heterocycles. The minimum absolute atomic E-state index is 0.0272. The van der Waals surface area contributed by atoms with E-state index >= 15 is 0 Å². The van der Waals surface area contributed by atoms with Gasteiger partial charge in [0.05, 0.1) is 18.1 Å². The Morgan fingerprint density at radius 3 is 2.51 bits per heavy atom. The maximum atomic E-state index is 14.6. The number of nitro groups is 1. The van der Waals surface area contributed by atoms with Gasteiger partial charge in [-0.15, -0.1) is 0 Å². The molecule has 0 radical (unpaired) electrons. The molecule has 0 aromatic carbocycles. The number of aromatic nitrogens is 3. The van der Waals surface area contributed by atoms with Crippen molar-refractivity contribution in [2.24, 2.45) is 5.92 Å². The standard InChI is InChI=1S/C24H23F4N5O4/c25-19-1-2-21(36-13-17-5-9-32(10-6-17)15-24(26,27)28)31-22(19)18-11-20(33(34)35)23(30-12-18)37-14-16-3-7-29-8-4-16/h1-4,7-8,11-12,17H,5-6,9-10,13-15H2. The molecule has 0 atom stereocenters. The molecule has 0 saturated carbocycles. The molecule has 4 rings (SSSR count). The van der Waals surface area contributed by atoms with Crippen LogP contribution < -0.4 is 9.47 Å². The second-order valence-corrected chi connectivity index (χ2v) is 8.58. The molecule has 13 heteroatoms. The van der Waals surface area contributed by atoms with Crippen LogP contribution in [0.5, 0.6) is 11.8 Å². The molecule has 0 amide bonds. The summed E-state index contributed by atoms with van der Waals surface area (Å²) in [5.74, 6) is -0.834. The largest absolute Gasteiger partial charge is 0.477 e. The van der Waals surface area contributed by atoms with E-state index in [-0.39, 0.29) is 42.1 Å². The molecule has 37 heavy (non-hydrogen) atoms. The van der Waals surface area contributed by atoms with Gasteiger partial charge in [0.25, 0.3) is 5.88 Å². The van der Waals surface area contributed by atoms with Crippen LogP contribution >= 0.6 is 0 Å². The minimum atomic E-state index is -4.23. The number of halogens is 4. The second kappa shape index (κ2) is 11.5. The van der Waals surface area contributed by atoms with Crippen LogP contribution in [0.15, 0.2) is 48.9 Å². The van der Waals surface area contributed by atoms with Crippen LogP contribution in [0.4, 0.5) is 23.2 Å². The minimum Gasteiger partial charge on any atom is -0.477 e. The Morgan fingerprint density at radius 1 is 1.11 bits per heavy atom. The van der Waals surface area contributed by atoms with Crippen molar-refractivity contribution in [3.05, 3.63) is 70.4 Å². The summed E-state index contributed by atoms with van der Waals surface area (Å²) in [7, 11) is 0. The van der Waals surface area contributed by atoms with Crippen molar-refractivity contribution in [1.29, 1.82) is 0 Å². The highest BCUT2D eigenvalue weighted by molar-refractivity contribution is 5.64. The van der Waals surface area contributed by atoms with Crippen LogP contribution in [-0.4, -0.2) is 57.2 Å². The third-order valence-corrected chi connectivity index (χ3v) is 5.82.